The molecule has 2 N–H and O–H groups in total. The van der Waals surface area contributed by atoms with Crippen LogP contribution in [0.3, 0.4) is 0 Å². The summed E-state index contributed by atoms with van der Waals surface area (Å²) in [4.78, 5) is 18.0. The van der Waals surface area contributed by atoms with Crippen LogP contribution in [0.1, 0.15) is 12.0 Å². The quantitative estimate of drug-likeness (QED) is 0.338. The number of nitrogens with two attached hydrogens (primary N) is 1. The van der Waals surface area contributed by atoms with Crippen LogP contribution in [0.4, 0.5) is 0 Å². The van der Waals surface area contributed by atoms with E-state index < -0.39 is 5.91 Å². The number of hydrogen-bond donors (Lipinski definition) is 1. The lowest BCUT2D eigenvalue weighted by Gasteiger charge is -2.08. The minimum atomic E-state index is -0.612. The maximum atomic E-state index is 11.6. The number of oxime groups is 1. The molecule has 0 unspecified atom stereocenters. The minimum absolute atomic E-state index is 0.113. The molecule has 120 valence electrons. The number of carbonyl (C=O) groups is 1. The number of hydrogen-bond acceptors (Lipinski definition) is 6. The van der Waals surface area contributed by atoms with E-state index in [9.17, 15) is 4.79 Å². The molecule has 1 aromatic rings. The fraction of sp³-hybridized carbons (Fsp3) is 0.467. The lowest BCUT2D eigenvalue weighted by molar-refractivity contribution is -0.112. The Kier molecular flexibility index (Phi) is 6.70. The summed E-state index contributed by atoms with van der Waals surface area (Å²) in [6, 6.07) is 7.47. The molecule has 1 atom stereocenters. The summed E-state index contributed by atoms with van der Waals surface area (Å²) >= 11 is 1.68. The van der Waals surface area contributed by atoms with Crippen molar-refractivity contribution in [1.82, 2.24) is 0 Å². The molecule has 1 aliphatic rings. The lowest BCUT2D eigenvalue weighted by atomic mass is 10.1. The Balaban J connectivity index is 2.01. The van der Waals surface area contributed by atoms with Gasteiger partial charge in [-0.15, -0.1) is 11.8 Å². The van der Waals surface area contributed by atoms with Crippen molar-refractivity contribution in [2.75, 3.05) is 32.7 Å². The number of methoxy groups -OCH3 is 1. The normalized spacial score (nSPS) is 18.4. The van der Waals surface area contributed by atoms with Gasteiger partial charge in [-0.1, -0.05) is 17.3 Å². The van der Waals surface area contributed by atoms with Crippen molar-refractivity contribution in [2.45, 2.75) is 17.4 Å². The first-order valence-electron chi connectivity index (χ1n) is 7.04. The monoisotopic (exact) mass is 324 g/mol. The molecule has 0 aromatic heterocycles. The SMILES string of the molecule is COCCSc1ccc(/C(=N\O[C@@H]2CCOC2)C(N)=O)cc1. The molecule has 2 rings (SSSR count). The molecule has 1 amide bonds. The van der Waals surface area contributed by atoms with Crippen LogP contribution < -0.4 is 5.73 Å². The summed E-state index contributed by atoms with van der Waals surface area (Å²) in [7, 11) is 1.68. The first-order valence-corrected chi connectivity index (χ1v) is 8.03. The maximum Gasteiger partial charge on any atom is 0.271 e. The highest BCUT2D eigenvalue weighted by Crippen LogP contribution is 2.19. The lowest BCUT2D eigenvalue weighted by Crippen LogP contribution is -2.25. The van der Waals surface area contributed by atoms with Gasteiger partial charge in [0.2, 0.25) is 0 Å². The van der Waals surface area contributed by atoms with Crippen LogP contribution in [0.2, 0.25) is 0 Å². The molecule has 0 saturated carbocycles. The molecule has 0 spiro atoms. The largest absolute Gasteiger partial charge is 0.389 e. The van der Waals surface area contributed by atoms with Gasteiger partial charge in [-0.2, -0.15) is 0 Å². The Morgan fingerprint density at radius 2 is 2.23 bits per heavy atom. The third-order valence-corrected chi connectivity index (χ3v) is 4.07. The second-order valence-electron chi connectivity index (χ2n) is 4.76. The maximum absolute atomic E-state index is 11.6. The van der Waals surface area contributed by atoms with Crippen molar-refractivity contribution >= 4 is 23.4 Å². The zero-order chi connectivity index (χ0) is 15.8. The third-order valence-electron chi connectivity index (χ3n) is 3.10. The summed E-state index contributed by atoms with van der Waals surface area (Å²) < 4.78 is 10.2. The molecule has 0 bridgehead atoms. The fourth-order valence-corrected chi connectivity index (χ4v) is 2.73. The van der Waals surface area contributed by atoms with E-state index >= 15 is 0 Å². The van der Waals surface area contributed by atoms with E-state index in [1.54, 1.807) is 18.9 Å². The number of amides is 1. The molecule has 1 aromatic carbocycles. The molecule has 1 heterocycles. The van der Waals surface area contributed by atoms with Gasteiger partial charge in [0.05, 0.1) is 19.8 Å². The van der Waals surface area contributed by atoms with Gasteiger partial charge in [0.1, 0.15) is 0 Å². The van der Waals surface area contributed by atoms with Crippen molar-refractivity contribution in [2.24, 2.45) is 10.9 Å². The van der Waals surface area contributed by atoms with Crippen LogP contribution in [-0.4, -0.2) is 50.4 Å². The van der Waals surface area contributed by atoms with E-state index in [1.165, 1.54) is 0 Å². The van der Waals surface area contributed by atoms with Gasteiger partial charge in [0.25, 0.3) is 5.91 Å². The Bertz CT molecular complexity index is 513. The number of rotatable bonds is 8. The molecule has 0 aliphatic carbocycles. The second kappa shape index (κ2) is 8.77. The summed E-state index contributed by atoms with van der Waals surface area (Å²) in [5, 5.41) is 3.92. The van der Waals surface area contributed by atoms with E-state index in [0.717, 1.165) is 17.1 Å². The van der Waals surface area contributed by atoms with Crippen LogP contribution in [0, 0.1) is 0 Å². The highest BCUT2D eigenvalue weighted by Gasteiger charge is 2.18. The molecule has 22 heavy (non-hydrogen) atoms. The van der Waals surface area contributed by atoms with Crippen LogP contribution in [0.5, 0.6) is 0 Å². The van der Waals surface area contributed by atoms with Gasteiger partial charge < -0.3 is 20.0 Å². The number of thioether (sulfide) groups is 1. The fourth-order valence-electron chi connectivity index (χ4n) is 1.92. The first kappa shape index (κ1) is 16.8. The molecular formula is C15H20N2O4S. The van der Waals surface area contributed by atoms with Crippen LogP contribution in [-0.2, 0) is 19.1 Å². The van der Waals surface area contributed by atoms with E-state index in [1.807, 2.05) is 24.3 Å². The van der Waals surface area contributed by atoms with Gasteiger partial charge in [-0.3, -0.25) is 4.79 Å². The topological polar surface area (TPSA) is 83.1 Å². The van der Waals surface area contributed by atoms with Crippen LogP contribution in [0.15, 0.2) is 34.3 Å². The standard InChI is InChI=1S/C15H20N2O4S/c1-19-8-9-22-13-4-2-11(3-5-13)14(15(16)18)17-21-12-6-7-20-10-12/h2-5,12H,6-10H2,1H3,(H2,16,18)/b17-14+/t12-/m1/s1. The zero-order valence-electron chi connectivity index (χ0n) is 12.5. The summed E-state index contributed by atoms with van der Waals surface area (Å²) in [5.74, 6) is 0.260. The zero-order valence-corrected chi connectivity index (χ0v) is 13.3. The molecule has 0 radical (unpaired) electrons. The first-order chi connectivity index (χ1) is 10.7. The molecule has 1 aliphatic heterocycles. The van der Waals surface area contributed by atoms with Crippen molar-refractivity contribution in [3.05, 3.63) is 29.8 Å². The Hall–Kier alpha value is -1.57. The number of carbonyl (C=O) groups excluding carboxylic acids is 1. The van der Waals surface area contributed by atoms with E-state index in [4.69, 9.17) is 20.0 Å². The predicted molar refractivity (Wildman–Crippen MR) is 85.1 cm³/mol. The summed E-state index contributed by atoms with van der Waals surface area (Å²) in [6.45, 7) is 1.84. The Morgan fingerprint density at radius 3 is 2.82 bits per heavy atom. The smallest absolute Gasteiger partial charge is 0.271 e. The average molecular weight is 324 g/mol. The van der Waals surface area contributed by atoms with Crippen molar-refractivity contribution in [3.63, 3.8) is 0 Å². The average Bonchev–Trinajstić information content (AvgIpc) is 3.02. The molecule has 6 nitrogen and oxygen atoms in total. The highest BCUT2D eigenvalue weighted by atomic mass is 32.2. The third kappa shape index (κ3) is 5.01. The summed E-state index contributed by atoms with van der Waals surface area (Å²) in [6.07, 6.45) is 0.656. The number of nitrogens with zero attached hydrogens (tertiary/aromatic N) is 1. The van der Waals surface area contributed by atoms with Crippen LogP contribution >= 0.6 is 11.8 Å². The molecule has 7 heteroatoms. The molecule has 1 saturated heterocycles. The predicted octanol–water partition coefficient (Wildman–Crippen LogP) is 1.42. The second-order valence-corrected chi connectivity index (χ2v) is 5.93. The van der Waals surface area contributed by atoms with Gasteiger partial charge in [-0.25, -0.2) is 0 Å². The van der Waals surface area contributed by atoms with Gasteiger partial charge in [0.15, 0.2) is 11.8 Å². The van der Waals surface area contributed by atoms with Crippen molar-refractivity contribution < 1.29 is 19.1 Å². The van der Waals surface area contributed by atoms with E-state index in [-0.39, 0.29) is 11.8 Å². The Morgan fingerprint density at radius 1 is 1.45 bits per heavy atom. The highest BCUT2D eigenvalue weighted by molar-refractivity contribution is 7.99. The van der Waals surface area contributed by atoms with Gasteiger partial charge >= 0.3 is 0 Å². The van der Waals surface area contributed by atoms with Crippen LogP contribution in [0.25, 0.3) is 0 Å². The summed E-state index contributed by atoms with van der Waals surface area (Å²) in [5.41, 5.74) is 6.15. The Labute approximate surface area is 134 Å². The van der Waals surface area contributed by atoms with Crippen molar-refractivity contribution in [3.8, 4) is 0 Å². The van der Waals surface area contributed by atoms with E-state index in [2.05, 4.69) is 5.16 Å². The number of benzene rings is 1. The number of ether oxygens (including phenoxy) is 2. The van der Waals surface area contributed by atoms with E-state index in [0.29, 0.717) is 25.4 Å². The molecule has 1 fully saturated rings. The van der Waals surface area contributed by atoms with Gasteiger partial charge in [-0.05, 0) is 12.1 Å². The minimum Gasteiger partial charge on any atom is -0.389 e. The molecular weight excluding hydrogens is 304 g/mol. The van der Waals surface area contributed by atoms with Crippen molar-refractivity contribution in [1.29, 1.82) is 0 Å². The van der Waals surface area contributed by atoms with Gasteiger partial charge in [0, 0.05) is 29.7 Å². The number of primary amides is 1.